The maximum Gasteiger partial charge on any atom is 0.329 e. The maximum absolute atomic E-state index is 12.6. The number of thioether (sulfide) groups is 1. The average molecular weight is 508 g/mol. The SMILES string of the molecule is CSCC[C@@H](NC(=O)c1ccc([N+](=O)[O-])cc1Cl)C(=O)OCC(=O)NCCCc1ccccc1. The zero-order valence-electron chi connectivity index (χ0n) is 18.6. The highest BCUT2D eigenvalue weighted by Crippen LogP contribution is 2.22. The first-order chi connectivity index (χ1) is 16.3. The van der Waals surface area contributed by atoms with E-state index in [4.69, 9.17) is 16.3 Å². The van der Waals surface area contributed by atoms with Crippen LogP contribution in [0.4, 0.5) is 5.69 Å². The summed E-state index contributed by atoms with van der Waals surface area (Å²) in [6, 6.07) is 12.3. The molecule has 2 N–H and O–H groups in total. The Morgan fingerprint density at radius 3 is 2.56 bits per heavy atom. The Labute approximate surface area is 206 Å². The Kier molecular flexibility index (Phi) is 11.3. The third kappa shape index (κ3) is 9.03. The smallest absolute Gasteiger partial charge is 0.329 e. The number of esters is 1. The highest BCUT2D eigenvalue weighted by Gasteiger charge is 2.25. The zero-order chi connectivity index (χ0) is 24.9. The molecule has 2 amide bonds. The van der Waals surface area contributed by atoms with Crippen LogP contribution in [0.3, 0.4) is 0 Å². The maximum atomic E-state index is 12.6. The van der Waals surface area contributed by atoms with E-state index in [-0.39, 0.29) is 22.7 Å². The third-order valence-electron chi connectivity index (χ3n) is 4.76. The summed E-state index contributed by atoms with van der Waals surface area (Å²) in [6.45, 7) is -0.0232. The second-order valence-electron chi connectivity index (χ2n) is 7.28. The summed E-state index contributed by atoms with van der Waals surface area (Å²) < 4.78 is 5.10. The number of aryl methyl sites for hydroxylation is 1. The number of nitro benzene ring substituents is 1. The van der Waals surface area contributed by atoms with E-state index >= 15 is 0 Å². The van der Waals surface area contributed by atoms with Crippen molar-refractivity contribution in [2.75, 3.05) is 25.2 Å². The fraction of sp³-hybridized carbons (Fsp3) is 0.348. The van der Waals surface area contributed by atoms with E-state index < -0.39 is 35.4 Å². The highest BCUT2D eigenvalue weighted by atomic mass is 35.5. The topological polar surface area (TPSA) is 128 Å². The number of ether oxygens (including phenoxy) is 1. The van der Waals surface area contributed by atoms with Crippen molar-refractivity contribution in [3.8, 4) is 0 Å². The number of amides is 2. The molecular weight excluding hydrogens is 482 g/mol. The van der Waals surface area contributed by atoms with E-state index in [2.05, 4.69) is 10.6 Å². The van der Waals surface area contributed by atoms with Crippen LogP contribution >= 0.6 is 23.4 Å². The standard InChI is InChI=1S/C23H26ClN3O6S/c1-34-13-11-20(26-22(29)18-10-9-17(27(31)32)14-19(18)24)23(30)33-15-21(28)25-12-5-8-16-6-3-2-4-7-16/h2-4,6-7,9-10,14,20H,5,8,11-13,15H2,1H3,(H,25,28)(H,26,29)/t20-/m1/s1. The number of halogens is 1. The molecule has 0 aliphatic rings. The quantitative estimate of drug-likeness (QED) is 0.184. The summed E-state index contributed by atoms with van der Waals surface area (Å²) in [4.78, 5) is 47.3. The molecule has 0 saturated carbocycles. The fourth-order valence-electron chi connectivity index (χ4n) is 2.98. The molecule has 0 aliphatic carbocycles. The van der Waals surface area contributed by atoms with E-state index in [0.29, 0.717) is 12.3 Å². The Balaban J connectivity index is 1.85. The van der Waals surface area contributed by atoms with Gasteiger partial charge in [-0.1, -0.05) is 41.9 Å². The minimum atomic E-state index is -1.00. The molecule has 9 nitrogen and oxygen atoms in total. The van der Waals surface area contributed by atoms with Crippen LogP contribution < -0.4 is 10.6 Å². The van der Waals surface area contributed by atoms with Crippen molar-refractivity contribution in [3.05, 3.63) is 74.8 Å². The Bertz CT molecular complexity index is 1010. The van der Waals surface area contributed by atoms with Gasteiger partial charge in [-0.05, 0) is 42.9 Å². The first-order valence-electron chi connectivity index (χ1n) is 10.5. The number of carbonyl (C=O) groups is 3. The normalized spacial score (nSPS) is 11.4. The van der Waals surface area contributed by atoms with E-state index in [1.54, 1.807) is 0 Å². The summed E-state index contributed by atoms with van der Waals surface area (Å²) in [5.74, 6) is -1.30. The van der Waals surface area contributed by atoms with Crippen molar-refractivity contribution in [2.45, 2.75) is 25.3 Å². The van der Waals surface area contributed by atoms with Gasteiger partial charge in [0.2, 0.25) is 0 Å². The first kappa shape index (κ1) is 27.1. The molecule has 2 aromatic rings. The van der Waals surface area contributed by atoms with E-state index in [1.807, 2.05) is 36.6 Å². The Morgan fingerprint density at radius 1 is 1.18 bits per heavy atom. The van der Waals surface area contributed by atoms with Crippen molar-refractivity contribution in [1.82, 2.24) is 10.6 Å². The molecule has 0 fully saturated rings. The molecule has 1 atom stereocenters. The zero-order valence-corrected chi connectivity index (χ0v) is 20.2. The molecule has 0 bridgehead atoms. The van der Waals surface area contributed by atoms with Crippen LogP contribution in [0.15, 0.2) is 48.5 Å². The van der Waals surface area contributed by atoms with Crippen LogP contribution in [-0.2, 0) is 20.7 Å². The number of benzene rings is 2. The lowest BCUT2D eigenvalue weighted by atomic mass is 10.1. The third-order valence-corrected chi connectivity index (χ3v) is 5.72. The minimum Gasteiger partial charge on any atom is -0.454 e. The molecule has 0 aliphatic heterocycles. The van der Waals surface area contributed by atoms with Crippen molar-refractivity contribution < 1.29 is 24.0 Å². The summed E-state index contributed by atoms with van der Waals surface area (Å²) in [5.41, 5.74) is 0.906. The minimum absolute atomic E-state index is 0.00891. The molecule has 0 aromatic heterocycles. The molecule has 0 unspecified atom stereocenters. The molecule has 0 radical (unpaired) electrons. The summed E-state index contributed by atoms with van der Waals surface area (Å²) in [6.07, 6.45) is 3.68. The van der Waals surface area contributed by atoms with Gasteiger partial charge in [0, 0.05) is 18.7 Å². The lowest BCUT2D eigenvalue weighted by Gasteiger charge is -2.17. The van der Waals surface area contributed by atoms with Crippen molar-refractivity contribution >= 4 is 46.8 Å². The largest absolute Gasteiger partial charge is 0.454 e. The van der Waals surface area contributed by atoms with Gasteiger partial charge < -0.3 is 15.4 Å². The van der Waals surface area contributed by atoms with Gasteiger partial charge in [0.15, 0.2) is 6.61 Å². The van der Waals surface area contributed by atoms with Gasteiger partial charge in [0.05, 0.1) is 15.5 Å². The predicted molar refractivity (Wildman–Crippen MR) is 131 cm³/mol. The van der Waals surface area contributed by atoms with Crippen molar-refractivity contribution in [2.24, 2.45) is 0 Å². The van der Waals surface area contributed by atoms with Crippen LogP contribution in [-0.4, -0.2) is 53.9 Å². The number of carbonyl (C=O) groups excluding carboxylic acids is 3. The summed E-state index contributed by atoms with van der Waals surface area (Å²) in [7, 11) is 0. The highest BCUT2D eigenvalue weighted by molar-refractivity contribution is 7.98. The molecule has 182 valence electrons. The molecule has 0 spiro atoms. The number of hydrogen-bond donors (Lipinski definition) is 2. The van der Waals surface area contributed by atoms with E-state index in [1.165, 1.54) is 23.4 Å². The van der Waals surface area contributed by atoms with Gasteiger partial charge >= 0.3 is 5.97 Å². The van der Waals surface area contributed by atoms with Gasteiger partial charge in [-0.3, -0.25) is 19.7 Å². The predicted octanol–water partition coefficient (Wildman–Crippen LogP) is 3.39. The fourth-order valence-corrected chi connectivity index (χ4v) is 3.71. The van der Waals surface area contributed by atoms with Gasteiger partial charge in [-0.15, -0.1) is 0 Å². The van der Waals surface area contributed by atoms with E-state index in [0.717, 1.165) is 25.0 Å². The second-order valence-corrected chi connectivity index (χ2v) is 8.67. The number of nitrogens with one attached hydrogen (secondary N) is 2. The van der Waals surface area contributed by atoms with Gasteiger partial charge in [-0.2, -0.15) is 11.8 Å². The van der Waals surface area contributed by atoms with Gasteiger partial charge in [0.1, 0.15) is 6.04 Å². The van der Waals surface area contributed by atoms with Crippen LogP contribution in [0, 0.1) is 10.1 Å². The molecular formula is C23H26ClN3O6S. The number of non-ortho nitro benzene ring substituents is 1. The number of nitro groups is 1. The molecule has 34 heavy (non-hydrogen) atoms. The monoisotopic (exact) mass is 507 g/mol. The molecule has 0 heterocycles. The lowest BCUT2D eigenvalue weighted by molar-refractivity contribution is -0.384. The van der Waals surface area contributed by atoms with Crippen LogP contribution in [0.2, 0.25) is 5.02 Å². The summed E-state index contributed by atoms with van der Waals surface area (Å²) in [5, 5.41) is 16.0. The number of hydrogen-bond acceptors (Lipinski definition) is 7. The Hall–Kier alpha value is -3.11. The van der Waals surface area contributed by atoms with Crippen LogP contribution in [0.1, 0.15) is 28.8 Å². The van der Waals surface area contributed by atoms with Crippen LogP contribution in [0.5, 0.6) is 0 Å². The molecule has 2 rings (SSSR count). The second kappa shape index (κ2) is 14.2. The molecule has 0 saturated heterocycles. The van der Waals surface area contributed by atoms with E-state index in [9.17, 15) is 24.5 Å². The lowest BCUT2D eigenvalue weighted by Crippen LogP contribution is -2.43. The summed E-state index contributed by atoms with van der Waals surface area (Å²) >= 11 is 7.47. The van der Waals surface area contributed by atoms with Crippen molar-refractivity contribution in [1.29, 1.82) is 0 Å². The van der Waals surface area contributed by atoms with Gasteiger partial charge in [0.25, 0.3) is 17.5 Å². The number of nitrogens with zero attached hydrogens (tertiary/aromatic N) is 1. The van der Waals surface area contributed by atoms with Crippen molar-refractivity contribution in [3.63, 3.8) is 0 Å². The Morgan fingerprint density at radius 2 is 1.91 bits per heavy atom. The average Bonchev–Trinajstić information content (AvgIpc) is 2.83. The number of rotatable bonds is 13. The first-order valence-corrected chi connectivity index (χ1v) is 12.3. The van der Waals surface area contributed by atoms with Gasteiger partial charge in [-0.25, -0.2) is 4.79 Å². The molecule has 2 aromatic carbocycles. The van der Waals surface area contributed by atoms with Crippen LogP contribution in [0.25, 0.3) is 0 Å². The molecule has 11 heteroatoms.